The number of likely N-dealkylation sites (tertiary alicyclic amines) is 1. The summed E-state index contributed by atoms with van der Waals surface area (Å²) in [5.74, 6) is 2.55. The summed E-state index contributed by atoms with van der Waals surface area (Å²) in [6.07, 6.45) is 3.58. The molecule has 1 aromatic heterocycles. The molecule has 36 heavy (non-hydrogen) atoms. The monoisotopic (exact) mass is 483 g/mol. The number of benzene rings is 3. The summed E-state index contributed by atoms with van der Waals surface area (Å²) in [5.41, 5.74) is 2.70. The Morgan fingerprint density at radius 2 is 1.72 bits per heavy atom. The van der Waals surface area contributed by atoms with E-state index in [2.05, 4.69) is 27.3 Å². The molecule has 0 radical (unpaired) electrons. The molecule has 1 fully saturated rings. The Bertz CT molecular complexity index is 1340. The molecule has 3 aromatic carbocycles. The van der Waals surface area contributed by atoms with Gasteiger partial charge < -0.3 is 19.5 Å². The molecule has 184 valence electrons. The van der Waals surface area contributed by atoms with Crippen molar-refractivity contribution in [3.63, 3.8) is 0 Å². The first-order valence-electron chi connectivity index (χ1n) is 12.0. The molecule has 0 unspecified atom stereocenters. The van der Waals surface area contributed by atoms with Gasteiger partial charge >= 0.3 is 0 Å². The zero-order valence-corrected chi connectivity index (χ0v) is 20.4. The molecule has 1 aliphatic rings. The van der Waals surface area contributed by atoms with Crippen LogP contribution in [-0.2, 0) is 11.3 Å². The number of aromatic nitrogens is 1. The Morgan fingerprint density at radius 3 is 2.47 bits per heavy atom. The molecule has 2 heterocycles. The van der Waals surface area contributed by atoms with Crippen molar-refractivity contribution < 1.29 is 19.0 Å². The van der Waals surface area contributed by atoms with Gasteiger partial charge in [0.1, 0.15) is 11.5 Å². The van der Waals surface area contributed by atoms with Crippen LogP contribution in [0.3, 0.4) is 0 Å². The topological polar surface area (TPSA) is 72.9 Å². The molecule has 0 spiro atoms. The van der Waals surface area contributed by atoms with Gasteiger partial charge in [-0.2, -0.15) is 0 Å². The highest BCUT2D eigenvalue weighted by Gasteiger charge is 2.30. The van der Waals surface area contributed by atoms with Gasteiger partial charge in [-0.25, -0.2) is 0 Å². The van der Waals surface area contributed by atoms with Gasteiger partial charge in [-0.05, 0) is 61.3 Å². The second kappa shape index (κ2) is 10.7. The van der Waals surface area contributed by atoms with E-state index in [1.165, 1.54) is 5.56 Å². The number of hydrogen-bond acceptors (Lipinski definition) is 6. The Balaban J connectivity index is 1.26. The predicted octanol–water partition coefficient (Wildman–Crippen LogP) is 5.65. The zero-order chi connectivity index (χ0) is 24.9. The van der Waals surface area contributed by atoms with Crippen LogP contribution in [0, 0.1) is 0 Å². The number of nitrogens with one attached hydrogen (secondary N) is 1. The summed E-state index contributed by atoms with van der Waals surface area (Å²) in [6, 6.07) is 23.1. The lowest BCUT2D eigenvalue weighted by Gasteiger charge is -2.23. The van der Waals surface area contributed by atoms with Crippen molar-refractivity contribution in [2.24, 2.45) is 0 Å². The molecule has 1 saturated heterocycles. The largest absolute Gasteiger partial charge is 0.493 e. The molecule has 7 heteroatoms. The number of amides is 1. The first-order valence-corrected chi connectivity index (χ1v) is 12.0. The third-order valence-corrected chi connectivity index (χ3v) is 6.45. The zero-order valence-electron chi connectivity index (χ0n) is 20.4. The van der Waals surface area contributed by atoms with Gasteiger partial charge in [0.2, 0.25) is 5.91 Å². The van der Waals surface area contributed by atoms with Crippen LogP contribution in [0.2, 0.25) is 0 Å². The number of anilines is 1. The van der Waals surface area contributed by atoms with Crippen molar-refractivity contribution in [2.75, 3.05) is 26.1 Å². The lowest BCUT2D eigenvalue weighted by atomic mass is 10.1. The normalized spacial score (nSPS) is 15.6. The minimum absolute atomic E-state index is 0.0262. The molecule has 0 bridgehead atoms. The third kappa shape index (κ3) is 5.11. The maximum atomic E-state index is 13.0. The Kier molecular flexibility index (Phi) is 7.00. The van der Waals surface area contributed by atoms with Crippen LogP contribution in [0.5, 0.6) is 23.0 Å². The van der Waals surface area contributed by atoms with Gasteiger partial charge in [-0.1, -0.05) is 30.3 Å². The summed E-state index contributed by atoms with van der Waals surface area (Å²) < 4.78 is 17.0. The Labute approximate surface area is 210 Å². The quantitative estimate of drug-likeness (QED) is 0.349. The number of fused-ring (bicyclic) bond motifs is 1. The summed E-state index contributed by atoms with van der Waals surface area (Å²) in [5, 5.41) is 3.88. The van der Waals surface area contributed by atoms with Crippen LogP contribution in [0.1, 0.15) is 18.4 Å². The van der Waals surface area contributed by atoms with E-state index in [-0.39, 0.29) is 11.9 Å². The second-order valence-corrected chi connectivity index (χ2v) is 8.76. The molecule has 1 N–H and O–H groups in total. The van der Waals surface area contributed by atoms with Crippen LogP contribution < -0.4 is 19.5 Å². The molecule has 7 nitrogen and oxygen atoms in total. The van der Waals surface area contributed by atoms with Crippen LogP contribution >= 0.6 is 0 Å². The van der Waals surface area contributed by atoms with Gasteiger partial charge in [-0.15, -0.1) is 0 Å². The third-order valence-electron chi connectivity index (χ3n) is 6.45. The number of methoxy groups -OCH3 is 2. The van der Waals surface area contributed by atoms with Gasteiger partial charge in [-0.3, -0.25) is 14.7 Å². The molecule has 0 aliphatic carbocycles. The highest BCUT2D eigenvalue weighted by Crippen LogP contribution is 2.37. The molecular formula is C29H29N3O4. The Morgan fingerprint density at radius 1 is 0.972 bits per heavy atom. The number of ether oxygens (including phenoxy) is 3. The molecule has 1 amide bonds. The maximum Gasteiger partial charge on any atom is 0.241 e. The van der Waals surface area contributed by atoms with Crippen LogP contribution in [0.25, 0.3) is 10.9 Å². The van der Waals surface area contributed by atoms with Gasteiger partial charge in [0.15, 0.2) is 11.5 Å². The van der Waals surface area contributed by atoms with Gasteiger partial charge in [0.05, 0.1) is 25.8 Å². The average molecular weight is 484 g/mol. The first-order chi connectivity index (χ1) is 17.6. The summed E-state index contributed by atoms with van der Waals surface area (Å²) >= 11 is 0. The highest BCUT2D eigenvalue weighted by atomic mass is 16.5. The fourth-order valence-corrected chi connectivity index (χ4v) is 4.63. The lowest BCUT2D eigenvalue weighted by molar-refractivity contribution is -0.120. The van der Waals surface area contributed by atoms with Crippen LogP contribution in [-0.4, -0.2) is 42.6 Å². The van der Waals surface area contributed by atoms with Crippen molar-refractivity contribution in [1.29, 1.82) is 0 Å². The van der Waals surface area contributed by atoms with E-state index < -0.39 is 0 Å². The van der Waals surface area contributed by atoms with Crippen molar-refractivity contribution in [3.05, 3.63) is 84.6 Å². The molecule has 1 aliphatic heterocycles. The highest BCUT2D eigenvalue weighted by molar-refractivity contribution is 5.95. The summed E-state index contributed by atoms with van der Waals surface area (Å²) in [6.45, 7) is 1.71. The van der Waals surface area contributed by atoms with E-state index in [4.69, 9.17) is 14.2 Å². The first kappa shape index (κ1) is 23.6. The SMILES string of the molecule is COc1cc2nccc(Oc3ccc(NC(=O)[C@@H]4CCCN4Cc4ccccc4)cc3)c2cc1OC. The molecule has 0 saturated carbocycles. The maximum absolute atomic E-state index is 13.0. The smallest absolute Gasteiger partial charge is 0.241 e. The minimum atomic E-state index is -0.128. The van der Waals surface area contributed by atoms with Crippen LogP contribution in [0.4, 0.5) is 5.69 Å². The fraction of sp³-hybridized carbons (Fsp3) is 0.241. The fourth-order valence-electron chi connectivity index (χ4n) is 4.63. The molecule has 5 rings (SSSR count). The second-order valence-electron chi connectivity index (χ2n) is 8.76. The predicted molar refractivity (Wildman–Crippen MR) is 140 cm³/mol. The number of pyridine rings is 1. The van der Waals surface area contributed by atoms with E-state index in [1.54, 1.807) is 20.4 Å². The van der Waals surface area contributed by atoms with E-state index in [0.29, 0.717) is 23.0 Å². The summed E-state index contributed by atoms with van der Waals surface area (Å²) in [4.78, 5) is 19.7. The standard InChI is InChI=1S/C29H29N3O4/c1-34-27-17-23-24(18-28(27)35-2)30-15-14-26(23)36-22-12-10-21(11-13-22)31-29(33)25-9-6-16-32(25)19-20-7-4-3-5-8-20/h3-5,7-8,10-15,17-18,25H,6,9,16,19H2,1-2H3,(H,31,33)/t25-/m0/s1. The van der Waals surface area contributed by atoms with Crippen molar-refractivity contribution in [2.45, 2.75) is 25.4 Å². The summed E-state index contributed by atoms with van der Waals surface area (Å²) in [7, 11) is 3.19. The van der Waals surface area contributed by atoms with Crippen molar-refractivity contribution >= 4 is 22.5 Å². The number of hydrogen-bond donors (Lipinski definition) is 1. The van der Waals surface area contributed by atoms with E-state index >= 15 is 0 Å². The minimum Gasteiger partial charge on any atom is -0.493 e. The lowest BCUT2D eigenvalue weighted by Crippen LogP contribution is -2.39. The Hall–Kier alpha value is -4.10. The molecule has 1 atom stereocenters. The van der Waals surface area contributed by atoms with E-state index in [1.807, 2.05) is 60.7 Å². The number of carbonyl (C=O) groups is 1. The molecule has 4 aromatic rings. The van der Waals surface area contributed by atoms with Gasteiger partial charge in [0.25, 0.3) is 0 Å². The van der Waals surface area contributed by atoms with E-state index in [0.717, 1.165) is 42.5 Å². The van der Waals surface area contributed by atoms with Crippen LogP contribution in [0.15, 0.2) is 79.0 Å². The molecular weight excluding hydrogens is 454 g/mol. The number of rotatable bonds is 8. The van der Waals surface area contributed by atoms with E-state index in [9.17, 15) is 4.79 Å². The average Bonchev–Trinajstić information content (AvgIpc) is 3.38. The number of nitrogens with zero attached hydrogens (tertiary/aromatic N) is 2. The van der Waals surface area contributed by atoms with Crippen molar-refractivity contribution in [1.82, 2.24) is 9.88 Å². The van der Waals surface area contributed by atoms with Crippen molar-refractivity contribution in [3.8, 4) is 23.0 Å². The van der Waals surface area contributed by atoms with Gasteiger partial charge in [0, 0.05) is 29.9 Å². The number of carbonyl (C=O) groups excluding carboxylic acids is 1.